The summed E-state index contributed by atoms with van der Waals surface area (Å²) in [5.74, 6) is 0.496. The van der Waals surface area contributed by atoms with Crippen LogP contribution < -0.4 is 0 Å². The van der Waals surface area contributed by atoms with Crippen molar-refractivity contribution in [3.8, 4) is 11.5 Å². The second-order valence-electron chi connectivity index (χ2n) is 3.75. The summed E-state index contributed by atoms with van der Waals surface area (Å²) >= 11 is 9.40. The molecule has 94 valence electrons. The fourth-order valence-corrected chi connectivity index (χ4v) is 1.89. The normalized spacial score (nSPS) is 10.7. The Morgan fingerprint density at radius 3 is 2.72 bits per heavy atom. The average molecular weight is 329 g/mol. The topological polar surface area (TPSA) is 47.9 Å². The molecular weight excluding hydrogens is 318 g/mol. The molecule has 2 heterocycles. The molecule has 0 aromatic carbocycles. The van der Waals surface area contributed by atoms with E-state index in [9.17, 15) is 0 Å². The molecule has 0 spiro atoms. The van der Waals surface area contributed by atoms with Crippen molar-refractivity contribution in [3.63, 3.8) is 0 Å². The van der Waals surface area contributed by atoms with Crippen LogP contribution in [0.2, 0.25) is 5.15 Å². The second-order valence-corrected chi connectivity index (χ2v) is 4.90. The van der Waals surface area contributed by atoms with Gasteiger partial charge in [0.15, 0.2) is 5.82 Å². The van der Waals surface area contributed by atoms with Gasteiger partial charge in [-0.05, 0) is 34.5 Å². The summed E-state index contributed by atoms with van der Waals surface area (Å²) in [5.41, 5.74) is 2.47. The van der Waals surface area contributed by atoms with E-state index < -0.39 is 0 Å². The van der Waals surface area contributed by atoms with Crippen LogP contribution in [0.15, 0.2) is 22.8 Å². The molecule has 18 heavy (non-hydrogen) atoms. The number of aromatic nitrogens is 3. The molecule has 0 saturated carbocycles. The van der Waals surface area contributed by atoms with Crippen molar-refractivity contribution < 1.29 is 4.74 Å². The first-order valence-corrected chi connectivity index (χ1v) is 6.42. The first-order valence-electron chi connectivity index (χ1n) is 5.25. The standard InChI is InChI=1S/C12H11BrClN3O/c1-7-3-4-8(15-5-7)12-16-9(6-18-2)10(13)11(14)17-12/h3-5H,6H2,1-2H3. The molecule has 0 aliphatic carbocycles. The highest BCUT2D eigenvalue weighted by molar-refractivity contribution is 9.10. The maximum atomic E-state index is 6.05. The van der Waals surface area contributed by atoms with Crippen LogP contribution in [0.5, 0.6) is 0 Å². The van der Waals surface area contributed by atoms with Crippen LogP contribution in [0.3, 0.4) is 0 Å². The van der Waals surface area contributed by atoms with Crippen molar-refractivity contribution in [2.75, 3.05) is 7.11 Å². The van der Waals surface area contributed by atoms with Crippen LogP contribution in [0, 0.1) is 6.92 Å². The van der Waals surface area contributed by atoms with Crippen LogP contribution in [-0.4, -0.2) is 22.1 Å². The molecule has 0 radical (unpaired) electrons. The van der Waals surface area contributed by atoms with E-state index in [1.54, 1.807) is 13.3 Å². The summed E-state index contributed by atoms with van der Waals surface area (Å²) < 4.78 is 5.73. The molecular formula is C12H11BrClN3O. The van der Waals surface area contributed by atoms with Gasteiger partial charge in [0.05, 0.1) is 16.8 Å². The Morgan fingerprint density at radius 2 is 2.11 bits per heavy atom. The summed E-state index contributed by atoms with van der Waals surface area (Å²) in [6, 6.07) is 3.82. The molecule has 0 bridgehead atoms. The molecule has 0 N–H and O–H groups in total. The molecule has 0 aliphatic rings. The highest BCUT2D eigenvalue weighted by Crippen LogP contribution is 2.26. The predicted molar refractivity (Wildman–Crippen MR) is 73.4 cm³/mol. The van der Waals surface area contributed by atoms with Gasteiger partial charge in [-0.1, -0.05) is 17.7 Å². The van der Waals surface area contributed by atoms with Crippen molar-refractivity contribution in [2.24, 2.45) is 0 Å². The minimum absolute atomic E-state index is 0.356. The molecule has 2 aromatic rings. The Labute approximate surface area is 119 Å². The third kappa shape index (κ3) is 2.85. The number of hydrogen-bond donors (Lipinski definition) is 0. The van der Waals surface area contributed by atoms with Gasteiger partial charge >= 0.3 is 0 Å². The number of rotatable bonds is 3. The van der Waals surface area contributed by atoms with Gasteiger partial charge in [0.25, 0.3) is 0 Å². The molecule has 0 amide bonds. The number of halogens is 2. The van der Waals surface area contributed by atoms with Crippen molar-refractivity contribution in [1.82, 2.24) is 15.0 Å². The maximum Gasteiger partial charge on any atom is 0.179 e. The van der Waals surface area contributed by atoms with E-state index in [4.69, 9.17) is 16.3 Å². The van der Waals surface area contributed by atoms with E-state index in [1.165, 1.54) is 0 Å². The van der Waals surface area contributed by atoms with Gasteiger partial charge in [0.2, 0.25) is 0 Å². The fraction of sp³-hybridized carbons (Fsp3) is 0.250. The first-order chi connectivity index (χ1) is 8.61. The molecule has 0 saturated heterocycles. The molecule has 6 heteroatoms. The third-order valence-corrected chi connectivity index (χ3v) is 3.64. The summed E-state index contributed by atoms with van der Waals surface area (Å²) in [6.07, 6.45) is 1.77. The predicted octanol–water partition coefficient (Wildman–Crippen LogP) is 3.41. The second kappa shape index (κ2) is 5.73. The van der Waals surface area contributed by atoms with Crippen LogP contribution in [0.4, 0.5) is 0 Å². The third-order valence-electron chi connectivity index (χ3n) is 2.30. The highest BCUT2D eigenvalue weighted by Gasteiger charge is 2.12. The van der Waals surface area contributed by atoms with Gasteiger partial charge in [0, 0.05) is 13.3 Å². The lowest BCUT2D eigenvalue weighted by Gasteiger charge is -2.07. The van der Waals surface area contributed by atoms with Crippen molar-refractivity contribution in [3.05, 3.63) is 39.2 Å². The Bertz CT molecular complexity index is 560. The highest BCUT2D eigenvalue weighted by atomic mass is 79.9. The largest absolute Gasteiger partial charge is 0.378 e. The summed E-state index contributed by atoms with van der Waals surface area (Å²) in [4.78, 5) is 12.9. The number of aryl methyl sites for hydroxylation is 1. The van der Waals surface area contributed by atoms with Gasteiger partial charge in [-0.25, -0.2) is 9.97 Å². The van der Waals surface area contributed by atoms with Crippen molar-refractivity contribution in [1.29, 1.82) is 0 Å². The lowest BCUT2D eigenvalue weighted by molar-refractivity contribution is 0.181. The number of nitrogens with zero attached hydrogens (tertiary/aromatic N) is 3. The van der Waals surface area contributed by atoms with Crippen LogP contribution in [0.25, 0.3) is 11.5 Å². The number of methoxy groups -OCH3 is 1. The van der Waals surface area contributed by atoms with Gasteiger partial charge in [0.1, 0.15) is 10.8 Å². The number of pyridine rings is 1. The van der Waals surface area contributed by atoms with E-state index in [2.05, 4.69) is 30.9 Å². The average Bonchev–Trinajstić information content (AvgIpc) is 2.36. The summed E-state index contributed by atoms with van der Waals surface area (Å²) in [6.45, 7) is 2.34. The van der Waals surface area contributed by atoms with Gasteiger partial charge in [-0.15, -0.1) is 0 Å². The zero-order valence-corrected chi connectivity index (χ0v) is 12.3. The van der Waals surface area contributed by atoms with E-state index >= 15 is 0 Å². The Morgan fingerprint density at radius 1 is 1.33 bits per heavy atom. The van der Waals surface area contributed by atoms with Crippen LogP contribution >= 0.6 is 27.5 Å². The van der Waals surface area contributed by atoms with E-state index in [0.717, 1.165) is 5.56 Å². The first kappa shape index (κ1) is 13.4. The Hall–Kier alpha value is -1.04. The Balaban J connectivity index is 2.48. The lowest BCUT2D eigenvalue weighted by Crippen LogP contribution is -2.01. The maximum absolute atomic E-state index is 6.05. The van der Waals surface area contributed by atoms with Crippen molar-refractivity contribution >= 4 is 27.5 Å². The minimum atomic E-state index is 0.356. The van der Waals surface area contributed by atoms with Gasteiger partial charge < -0.3 is 4.74 Å². The van der Waals surface area contributed by atoms with E-state index in [-0.39, 0.29) is 0 Å². The SMILES string of the molecule is COCc1nc(-c2ccc(C)cn2)nc(Cl)c1Br. The van der Waals surface area contributed by atoms with Gasteiger partial charge in [-0.2, -0.15) is 0 Å². The van der Waals surface area contributed by atoms with Crippen LogP contribution in [0.1, 0.15) is 11.3 Å². The summed E-state index contributed by atoms with van der Waals surface area (Å²) in [5, 5.41) is 0.356. The monoisotopic (exact) mass is 327 g/mol. The molecule has 2 rings (SSSR count). The smallest absolute Gasteiger partial charge is 0.179 e. The molecule has 4 nitrogen and oxygen atoms in total. The fourth-order valence-electron chi connectivity index (χ4n) is 1.41. The van der Waals surface area contributed by atoms with Gasteiger partial charge in [-0.3, -0.25) is 4.98 Å². The van der Waals surface area contributed by atoms with E-state index in [0.29, 0.717) is 33.4 Å². The molecule has 0 unspecified atom stereocenters. The molecule has 0 fully saturated rings. The lowest BCUT2D eigenvalue weighted by atomic mass is 10.2. The molecule has 0 atom stereocenters. The number of hydrogen-bond acceptors (Lipinski definition) is 4. The number of ether oxygens (including phenoxy) is 1. The van der Waals surface area contributed by atoms with E-state index in [1.807, 2.05) is 19.1 Å². The molecule has 0 aliphatic heterocycles. The minimum Gasteiger partial charge on any atom is -0.378 e. The summed E-state index contributed by atoms with van der Waals surface area (Å²) in [7, 11) is 1.60. The van der Waals surface area contributed by atoms with Crippen LogP contribution in [-0.2, 0) is 11.3 Å². The zero-order valence-electron chi connectivity index (χ0n) is 9.94. The Kier molecular flexibility index (Phi) is 4.27. The van der Waals surface area contributed by atoms with Crippen molar-refractivity contribution in [2.45, 2.75) is 13.5 Å². The quantitative estimate of drug-likeness (QED) is 0.810. The molecule has 2 aromatic heterocycles. The zero-order chi connectivity index (χ0) is 13.1.